The summed E-state index contributed by atoms with van der Waals surface area (Å²) < 4.78 is 22.2. The molecule has 2 N–H and O–H groups in total. The van der Waals surface area contributed by atoms with Crippen molar-refractivity contribution in [1.29, 1.82) is 0 Å². The lowest BCUT2D eigenvalue weighted by atomic mass is 10.2. The van der Waals surface area contributed by atoms with Crippen molar-refractivity contribution in [2.24, 2.45) is 0 Å². The number of para-hydroxylation sites is 2. The molecule has 0 bridgehead atoms. The smallest absolute Gasteiger partial charge is 0.273 e. The Kier molecular flexibility index (Phi) is 9.16. The number of carbonyl (C=O) groups excluding carboxylic acids is 2. The van der Waals surface area contributed by atoms with Crippen LogP contribution in [0.3, 0.4) is 0 Å². The zero-order chi connectivity index (χ0) is 24.2. The lowest BCUT2D eigenvalue weighted by molar-refractivity contribution is 0.0843. The Morgan fingerprint density at radius 1 is 0.706 bits per heavy atom. The van der Waals surface area contributed by atoms with E-state index in [-0.39, 0.29) is 12.2 Å². The average Bonchev–Trinajstić information content (AvgIpc) is 2.89. The van der Waals surface area contributed by atoms with Crippen LogP contribution in [0.4, 0.5) is 0 Å². The highest BCUT2D eigenvalue weighted by molar-refractivity contribution is 6.00. The third-order valence-corrected chi connectivity index (χ3v) is 4.66. The zero-order valence-electron chi connectivity index (χ0n) is 19.2. The van der Waals surface area contributed by atoms with Gasteiger partial charge in [-0.05, 0) is 48.9 Å². The monoisotopic (exact) mass is 464 g/mol. The van der Waals surface area contributed by atoms with E-state index in [0.717, 1.165) is 12.2 Å². The van der Waals surface area contributed by atoms with Gasteiger partial charge in [0.05, 0.1) is 19.3 Å². The first kappa shape index (κ1) is 24.4. The van der Waals surface area contributed by atoms with Crippen LogP contribution in [0.2, 0.25) is 0 Å². The molecule has 0 fully saturated rings. The number of nitrogens with one attached hydrogen (secondary N) is 2. The van der Waals surface area contributed by atoms with Crippen molar-refractivity contribution in [2.45, 2.75) is 13.3 Å². The molecule has 2 amide bonds. The van der Waals surface area contributed by atoms with Gasteiger partial charge in [-0.1, -0.05) is 37.3 Å². The van der Waals surface area contributed by atoms with E-state index in [2.05, 4.69) is 10.9 Å². The highest BCUT2D eigenvalue weighted by Gasteiger charge is 2.15. The number of rotatable bonds is 11. The van der Waals surface area contributed by atoms with Crippen LogP contribution in [0.5, 0.6) is 23.0 Å². The zero-order valence-corrected chi connectivity index (χ0v) is 19.2. The number of hydrazine groups is 1. The minimum atomic E-state index is -0.511. The molecule has 0 saturated heterocycles. The SMILES string of the molecule is CCCOc1ccc(C(=O)NNC(=O)c2ccccc2OCCOc2ccccc2)cc1OC. The summed E-state index contributed by atoms with van der Waals surface area (Å²) >= 11 is 0. The van der Waals surface area contributed by atoms with Crippen LogP contribution in [0.25, 0.3) is 0 Å². The van der Waals surface area contributed by atoms with Crippen LogP contribution < -0.4 is 29.8 Å². The molecule has 3 rings (SSSR count). The van der Waals surface area contributed by atoms with Crippen LogP contribution in [0, 0.1) is 0 Å². The summed E-state index contributed by atoms with van der Waals surface area (Å²) in [5.41, 5.74) is 5.42. The molecular weight excluding hydrogens is 436 g/mol. The van der Waals surface area contributed by atoms with Gasteiger partial charge in [-0.25, -0.2) is 0 Å². The molecule has 0 atom stereocenters. The van der Waals surface area contributed by atoms with Crippen molar-refractivity contribution in [3.8, 4) is 23.0 Å². The first-order valence-electron chi connectivity index (χ1n) is 10.9. The summed E-state index contributed by atoms with van der Waals surface area (Å²) in [5, 5.41) is 0. The van der Waals surface area contributed by atoms with Gasteiger partial charge in [0.2, 0.25) is 0 Å². The Labute approximate surface area is 198 Å². The van der Waals surface area contributed by atoms with Gasteiger partial charge in [0.15, 0.2) is 11.5 Å². The summed E-state index contributed by atoms with van der Waals surface area (Å²) in [6, 6.07) is 20.9. The van der Waals surface area contributed by atoms with E-state index >= 15 is 0 Å². The molecule has 0 aliphatic carbocycles. The predicted octanol–water partition coefficient (Wildman–Crippen LogP) is 4.02. The molecule has 8 heteroatoms. The lowest BCUT2D eigenvalue weighted by Crippen LogP contribution is -2.41. The van der Waals surface area contributed by atoms with E-state index in [4.69, 9.17) is 18.9 Å². The first-order chi connectivity index (χ1) is 16.6. The quantitative estimate of drug-likeness (QED) is 0.329. The van der Waals surface area contributed by atoms with Crippen molar-refractivity contribution in [2.75, 3.05) is 26.9 Å². The second-order valence-electron chi connectivity index (χ2n) is 7.13. The normalized spacial score (nSPS) is 10.2. The molecule has 0 aromatic heterocycles. The molecule has 0 saturated carbocycles. The maximum atomic E-state index is 12.7. The van der Waals surface area contributed by atoms with E-state index in [1.165, 1.54) is 7.11 Å². The van der Waals surface area contributed by atoms with Crippen molar-refractivity contribution < 1.29 is 28.5 Å². The Morgan fingerprint density at radius 3 is 2.15 bits per heavy atom. The van der Waals surface area contributed by atoms with Crippen molar-refractivity contribution in [3.63, 3.8) is 0 Å². The summed E-state index contributed by atoms with van der Waals surface area (Å²) in [6.45, 7) is 3.10. The maximum absolute atomic E-state index is 12.7. The van der Waals surface area contributed by atoms with E-state index in [1.54, 1.807) is 42.5 Å². The van der Waals surface area contributed by atoms with Gasteiger partial charge in [-0.3, -0.25) is 20.4 Å². The second-order valence-corrected chi connectivity index (χ2v) is 7.13. The summed E-state index contributed by atoms with van der Waals surface area (Å²) in [6.07, 6.45) is 0.850. The predicted molar refractivity (Wildman–Crippen MR) is 128 cm³/mol. The Balaban J connectivity index is 1.55. The second kappa shape index (κ2) is 12.7. The summed E-state index contributed by atoms with van der Waals surface area (Å²) in [7, 11) is 1.50. The van der Waals surface area contributed by atoms with Crippen LogP contribution in [-0.4, -0.2) is 38.7 Å². The van der Waals surface area contributed by atoms with E-state index in [9.17, 15) is 9.59 Å². The number of carbonyl (C=O) groups is 2. The third kappa shape index (κ3) is 6.90. The molecule has 3 aromatic rings. The number of ether oxygens (including phenoxy) is 4. The van der Waals surface area contributed by atoms with E-state index in [1.807, 2.05) is 37.3 Å². The van der Waals surface area contributed by atoms with E-state index < -0.39 is 11.8 Å². The molecule has 0 radical (unpaired) electrons. The maximum Gasteiger partial charge on any atom is 0.273 e. The van der Waals surface area contributed by atoms with Gasteiger partial charge >= 0.3 is 0 Å². The van der Waals surface area contributed by atoms with Gasteiger partial charge in [-0.15, -0.1) is 0 Å². The molecule has 0 aliphatic rings. The Bertz CT molecular complexity index is 1090. The van der Waals surface area contributed by atoms with Gasteiger partial charge in [-0.2, -0.15) is 0 Å². The molecule has 34 heavy (non-hydrogen) atoms. The van der Waals surface area contributed by atoms with Crippen molar-refractivity contribution >= 4 is 11.8 Å². The summed E-state index contributed by atoms with van der Waals surface area (Å²) in [5.74, 6) is 1.09. The summed E-state index contributed by atoms with van der Waals surface area (Å²) in [4.78, 5) is 25.2. The molecule has 0 spiro atoms. The fourth-order valence-corrected chi connectivity index (χ4v) is 3.00. The number of hydrogen-bond donors (Lipinski definition) is 2. The fraction of sp³-hybridized carbons (Fsp3) is 0.231. The number of benzene rings is 3. The van der Waals surface area contributed by atoms with Crippen molar-refractivity contribution in [3.05, 3.63) is 83.9 Å². The highest BCUT2D eigenvalue weighted by Crippen LogP contribution is 2.28. The Morgan fingerprint density at radius 2 is 1.38 bits per heavy atom. The molecule has 8 nitrogen and oxygen atoms in total. The fourth-order valence-electron chi connectivity index (χ4n) is 3.00. The molecule has 178 valence electrons. The molecular formula is C26H28N2O6. The first-order valence-corrected chi connectivity index (χ1v) is 10.9. The topological polar surface area (TPSA) is 95.1 Å². The third-order valence-electron chi connectivity index (χ3n) is 4.66. The van der Waals surface area contributed by atoms with Crippen LogP contribution in [0.1, 0.15) is 34.1 Å². The highest BCUT2D eigenvalue weighted by atomic mass is 16.5. The van der Waals surface area contributed by atoms with Gasteiger partial charge < -0.3 is 18.9 Å². The number of hydrogen-bond acceptors (Lipinski definition) is 6. The Hall–Kier alpha value is -4.20. The minimum Gasteiger partial charge on any atom is -0.493 e. The molecule has 0 heterocycles. The van der Waals surface area contributed by atoms with Crippen LogP contribution in [-0.2, 0) is 0 Å². The number of amides is 2. The van der Waals surface area contributed by atoms with Gasteiger partial charge in [0, 0.05) is 5.56 Å². The van der Waals surface area contributed by atoms with E-state index in [0.29, 0.717) is 36.0 Å². The lowest BCUT2D eigenvalue weighted by Gasteiger charge is -2.14. The molecule has 0 unspecified atom stereocenters. The van der Waals surface area contributed by atoms with Gasteiger partial charge in [0.1, 0.15) is 24.7 Å². The molecule has 0 aliphatic heterocycles. The van der Waals surface area contributed by atoms with Crippen LogP contribution in [0.15, 0.2) is 72.8 Å². The van der Waals surface area contributed by atoms with Gasteiger partial charge in [0.25, 0.3) is 11.8 Å². The standard InChI is InChI=1S/C26H28N2O6/c1-3-15-33-23-14-13-19(18-24(23)31-2)25(29)27-28-26(30)21-11-7-8-12-22(21)34-17-16-32-20-9-5-4-6-10-20/h4-14,18H,3,15-17H2,1-2H3,(H,27,29)(H,28,30). The average molecular weight is 465 g/mol. The van der Waals surface area contributed by atoms with Crippen LogP contribution >= 0.6 is 0 Å². The minimum absolute atomic E-state index is 0.248. The molecule has 3 aromatic carbocycles. The largest absolute Gasteiger partial charge is 0.493 e. The number of methoxy groups -OCH3 is 1. The van der Waals surface area contributed by atoms with Crippen molar-refractivity contribution in [1.82, 2.24) is 10.9 Å².